The van der Waals surface area contributed by atoms with Crippen molar-refractivity contribution < 1.29 is 14.3 Å². The summed E-state index contributed by atoms with van der Waals surface area (Å²) in [7, 11) is 0. The van der Waals surface area contributed by atoms with Crippen LogP contribution in [0.5, 0.6) is 6.01 Å². The van der Waals surface area contributed by atoms with Gasteiger partial charge < -0.3 is 9.64 Å². The van der Waals surface area contributed by atoms with Crippen molar-refractivity contribution in [2.45, 2.75) is 18.9 Å². The lowest BCUT2D eigenvalue weighted by Crippen LogP contribution is -2.48. The van der Waals surface area contributed by atoms with Gasteiger partial charge in [0.2, 0.25) is 11.8 Å². The molecule has 0 bridgehead atoms. The van der Waals surface area contributed by atoms with Crippen LogP contribution in [0.3, 0.4) is 0 Å². The van der Waals surface area contributed by atoms with Crippen LogP contribution in [-0.4, -0.2) is 67.4 Å². The molecular formula is C14H15ClN4O3S2. The van der Waals surface area contributed by atoms with Crippen LogP contribution in [0.25, 0.3) is 0 Å². The summed E-state index contributed by atoms with van der Waals surface area (Å²) in [6.07, 6.45) is 4.38. The average molecular weight is 387 g/mol. The molecule has 0 unspecified atom stereocenters. The number of likely N-dealkylation sites (tertiary alicyclic amines) is 1. The van der Waals surface area contributed by atoms with Crippen LogP contribution in [-0.2, 0) is 9.59 Å². The van der Waals surface area contributed by atoms with E-state index in [0.29, 0.717) is 28.2 Å². The van der Waals surface area contributed by atoms with Gasteiger partial charge in [-0.15, -0.1) is 0 Å². The number of hydrogen-bond acceptors (Lipinski definition) is 7. The van der Waals surface area contributed by atoms with Crippen molar-refractivity contribution in [3.63, 3.8) is 0 Å². The number of nitrogens with zero attached hydrogens (tertiary/aromatic N) is 4. The van der Waals surface area contributed by atoms with Gasteiger partial charge in [-0.3, -0.25) is 14.5 Å². The second kappa shape index (κ2) is 7.62. The van der Waals surface area contributed by atoms with Gasteiger partial charge in [0.25, 0.3) is 0 Å². The van der Waals surface area contributed by atoms with Crippen LogP contribution in [0.4, 0.5) is 0 Å². The first-order valence-corrected chi connectivity index (χ1v) is 9.19. The molecule has 2 aliphatic heterocycles. The molecule has 0 spiro atoms. The molecule has 24 heavy (non-hydrogen) atoms. The molecule has 7 nitrogen and oxygen atoms in total. The van der Waals surface area contributed by atoms with Gasteiger partial charge in [-0.2, -0.15) is 0 Å². The van der Waals surface area contributed by atoms with E-state index in [9.17, 15) is 9.59 Å². The molecule has 1 aromatic heterocycles. The molecule has 2 aliphatic rings. The van der Waals surface area contributed by atoms with Crippen LogP contribution in [0.2, 0.25) is 5.02 Å². The first kappa shape index (κ1) is 17.4. The third-order valence-corrected chi connectivity index (χ3v) is 5.36. The Morgan fingerprint density at radius 2 is 2.21 bits per heavy atom. The Labute approximate surface area is 153 Å². The van der Waals surface area contributed by atoms with Crippen molar-refractivity contribution in [3.8, 4) is 6.01 Å². The highest BCUT2D eigenvalue weighted by atomic mass is 35.5. The molecule has 0 saturated carbocycles. The van der Waals surface area contributed by atoms with Crippen molar-refractivity contribution in [1.29, 1.82) is 0 Å². The molecule has 2 saturated heterocycles. The fourth-order valence-corrected chi connectivity index (χ4v) is 3.71. The Morgan fingerprint density at radius 3 is 2.88 bits per heavy atom. The largest absolute Gasteiger partial charge is 0.458 e. The maximum Gasteiger partial charge on any atom is 0.316 e. The van der Waals surface area contributed by atoms with Gasteiger partial charge in [0.15, 0.2) is 0 Å². The second-order valence-corrected chi connectivity index (χ2v) is 7.49. The smallest absolute Gasteiger partial charge is 0.316 e. The van der Waals surface area contributed by atoms with Gasteiger partial charge in [0, 0.05) is 6.54 Å². The molecule has 128 valence electrons. The predicted molar refractivity (Wildman–Crippen MR) is 94.0 cm³/mol. The van der Waals surface area contributed by atoms with Gasteiger partial charge in [-0.25, -0.2) is 9.97 Å². The fraction of sp³-hybridized carbons (Fsp3) is 0.500. The molecule has 10 heteroatoms. The molecule has 2 amide bonds. The maximum atomic E-state index is 12.4. The monoisotopic (exact) mass is 386 g/mol. The molecular weight excluding hydrogens is 372 g/mol. The van der Waals surface area contributed by atoms with E-state index >= 15 is 0 Å². The quantitative estimate of drug-likeness (QED) is 0.723. The summed E-state index contributed by atoms with van der Waals surface area (Å²) < 4.78 is 6.18. The molecule has 0 aromatic carbocycles. The summed E-state index contributed by atoms with van der Waals surface area (Å²) in [5.41, 5.74) is 0. The highest BCUT2D eigenvalue weighted by Gasteiger charge is 2.32. The number of ether oxygens (including phenoxy) is 1. The Hall–Kier alpha value is -1.45. The van der Waals surface area contributed by atoms with Gasteiger partial charge in [0.05, 0.1) is 29.7 Å². The molecule has 1 aromatic rings. The Bertz CT molecular complexity index is 642. The zero-order valence-electron chi connectivity index (χ0n) is 12.7. The Balaban J connectivity index is 1.56. The molecule has 0 aliphatic carbocycles. The Kier molecular flexibility index (Phi) is 5.52. The van der Waals surface area contributed by atoms with Crippen LogP contribution >= 0.6 is 35.6 Å². The molecule has 1 atom stereocenters. The molecule has 0 radical (unpaired) electrons. The van der Waals surface area contributed by atoms with E-state index in [1.165, 1.54) is 29.1 Å². The zero-order valence-corrected chi connectivity index (χ0v) is 15.1. The van der Waals surface area contributed by atoms with Crippen molar-refractivity contribution in [2.75, 3.05) is 25.4 Å². The number of carbonyl (C=O) groups excluding carboxylic acids is 2. The lowest BCUT2D eigenvalue weighted by atomic mass is 10.1. The van der Waals surface area contributed by atoms with Gasteiger partial charge in [-0.1, -0.05) is 35.6 Å². The van der Waals surface area contributed by atoms with Crippen molar-refractivity contribution in [2.24, 2.45) is 0 Å². The van der Waals surface area contributed by atoms with E-state index in [1.54, 1.807) is 4.90 Å². The minimum atomic E-state index is -0.181. The summed E-state index contributed by atoms with van der Waals surface area (Å²) in [4.78, 5) is 35.3. The summed E-state index contributed by atoms with van der Waals surface area (Å²) in [6, 6.07) is 0.242. The van der Waals surface area contributed by atoms with E-state index in [1.807, 2.05) is 0 Å². The number of amides is 2. The summed E-state index contributed by atoms with van der Waals surface area (Å²) in [5, 5.41) is 0.437. The second-order valence-electron chi connectivity index (χ2n) is 5.44. The maximum absolute atomic E-state index is 12.4. The number of thioether (sulfide) groups is 1. The lowest BCUT2D eigenvalue weighted by molar-refractivity contribution is -0.138. The Morgan fingerprint density at radius 1 is 1.46 bits per heavy atom. The summed E-state index contributed by atoms with van der Waals surface area (Å²) in [6.45, 7) is 1.07. The van der Waals surface area contributed by atoms with Crippen LogP contribution in [0, 0.1) is 0 Å². The fourth-order valence-electron chi connectivity index (χ4n) is 2.54. The first-order chi connectivity index (χ1) is 11.5. The lowest BCUT2D eigenvalue weighted by Gasteiger charge is -2.33. The molecule has 3 heterocycles. The van der Waals surface area contributed by atoms with Crippen molar-refractivity contribution >= 4 is 51.7 Å². The van der Waals surface area contributed by atoms with E-state index in [2.05, 4.69) is 9.97 Å². The molecule has 0 N–H and O–H groups in total. The van der Waals surface area contributed by atoms with Gasteiger partial charge >= 0.3 is 6.01 Å². The average Bonchev–Trinajstić information content (AvgIpc) is 2.89. The summed E-state index contributed by atoms with van der Waals surface area (Å²) in [5.74, 6) is 0.0717. The number of aromatic nitrogens is 2. The van der Waals surface area contributed by atoms with Gasteiger partial charge in [0.1, 0.15) is 17.0 Å². The van der Waals surface area contributed by atoms with Crippen LogP contribution in [0.15, 0.2) is 12.4 Å². The highest BCUT2D eigenvalue weighted by molar-refractivity contribution is 8.23. The normalized spacial score (nSPS) is 21.3. The van der Waals surface area contributed by atoms with Gasteiger partial charge in [-0.05, 0) is 12.8 Å². The standard InChI is InChI=1S/C14H15ClN4O3S2/c15-9-4-16-13(17-5-9)22-10-2-1-3-18(6-10)11(20)7-19-12(21)8-24-14(19)23/h4-5,10H,1-3,6-8H2/t10-/m1/s1. The van der Waals surface area contributed by atoms with E-state index < -0.39 is 0 Å². The number of piperidine rings is 1. The molecule has 3 rings (SSSR count). The zero-order chi connectivity index (χ0) is 17.1. The van der Waals surface area contributed by atoms with E-state index in [-0.39, 0.29) is 30.5 Å². The molecule has 2 fully saturated rings. The number of thiocarbonyl (C=S) groups is 1. The minimum Gasteiger partial charge on any atom is -0.458 e. The van der Waals surface area contributed by atoms with E-state index in [4.69, 9.17) is 28.6 Å². The van der Waals surface area contributed by atoms with Crippen LogP contribution in [0.1, 0.15) is 12.8 Å². The SMILES string of the molecule is O=C(CN1C(=O)CSC1=S)N1CCC[C@@H](Oc2ncc(Cl)cn2)C1. The minimum absolute atomic E-state index is 0.00513. The predicted octanol–water partition coefficient (Wildman–Crippen LogP) is 1.36. The summed E-state index contributed by atoms with van der Waals surface area (Å²) >= 11 is 12.1. The number of carbonyl (C=O) groups is 2. The third kappa shape index (κ3) is 4.14. The van der Waals surface area contributed by atoms with Crippen molar-refractivity contribution in [1.82, 2.24) is 19.8 Å². The topological polar surface area (TPSA) is 75.6 Å². The van der Waals surface area contributed by atoms with Crippen molar-refractivity contribution in [3.05, 3.63) is 17.4 Å². The number of halogens is 1. The third-order valence-electron chi connectivity index (χ3n) is 3.73. The first-order valence-electron chi connectivity index (χ1n) is 7.42. The number of rotatable bonds is 4. The van der Waals surface area contributed by atoms with Crippen LogP contribution < -0.4 is 4.74 Å². The number of hydrogen-bond donors (Lipinski definition) is 0. The highest BCUT2D eigenvalue weighted by Crippen LogP contribution is 2.20. The van der Waals surface area contributed by atoms with E-state index in [0.717, 1.165) is 12.8 Å².